The number of rotatable bonds is 10. The first-order valence-electron chi connectivity index (χ1n) is 9.64. The van der Waals surface area contributed by atoms with Crippen LogP contribution in [0.3, 0.4) is 0 Å². The summed E-state index contributed by atoms with van der Waals surface area (Å²) < 4.78 is 6.94. The van der Waals surface area contributed by atoms with E-state index >= 15 is 0 Å². The van der Waals surface area contributed by atoms with Crippen molar-refractivity contribution < 1.29 is 4.74 Å². The standard InChI is InChI=1S/C20H29N7O/c1-3-23-20(25-13-14-28-4-2)24-12-8-11-18-17(15-21)19(22)27(26-18)16-9-6-5-7-10-16/h5-7,9-10H,3-4,8,11-14,22H2,1-2H3,(H2,23,24,25). The van der Waals surface area contributed by atoms with Gasteiger partial charge in [-0.3, -0.25) is 4.99 Å². The van der Waals surface area contributed by atoms with E-state index in [4.69, 9.17) is 10.5 Å². The predicted octanol–water partition coefficient (Wildman–Crippen LogP) is 1.85. The van der Waals surface area contributed by atoms with Gasteiger partial charge in [0, 0.05) is 26.2 Å². The molecule has 0 atom stereocenters. The first kappa shape index (κ1) is 21.3. The van der Waals surface area contributed by atoms with Gasteiger partial charge in [-0.15, -0.1) is 0 Å². The highest BCUT2D eigenvalue weighted by molar-refractivity contribution is 5.79. The SMILES string of the molecule is CCNC(=NCCCc1nn(-c2ccccc2)c(N)c1C#N)NCCOCC. The fourth-order valence-corrected chi connectivity index (χ4v) is 2.71. The molecule has 0 spiro atoms. The lowest BCUT2D eigenvalue weighted by atomic mass is 10.1. The van der Waals surface area contributed by atoms with Gasteiger partial charge in [-0.25, -0.2) is 4.68 Å². The van der Waals surface area contributed by atoms with Crippen LogP contribution in [0.15, 0.2) is 35.3 Å². The molecule has 8 heteroatoms. The van der Waals surface area contributed by atoms with Crippen molar-refractivity contribution in [3.05, 3.63) is 41.6 Å². The number of para-hydroxylation sites is 1. The molecule has 2 aromatic rings. The molecule has 0 saturated heterocycles. The average Bonchev–Trinajstić information content (AvgIpc) is 3.04. The van der Waals surface area contributed by atoms with Crippen LogP contribution in [0, 0.1) is 11.3 Å². The van der Waals surface area contributed by atoms with E-state index in [0.29, 0.717) is 49.8 Å². The number of guanidine groups is 1. The van der Waals surface area contributed by atoms with Crippen LogP contribution in [0.25, 0.3) is 5.69 Å². The number of aryl methyl sites for hydroxylation is 1. The van der Waals surface area contributed by atoms with E-state index in [1.54, 1.807) is 4.68 Å². The minimum Gasteiger partial charge on any atom is -0.382 e. The fourth-order valence-electron chi connectivity index (χ4n) is 2.71. The number of anilines is 1. The minimum absolute atomic E-state index is 0.373. The molecule has 0 amide bonds. The maximum Gasteiger partial charge on any atom is 0.191 e. The number of nitrogens with zero attached hydrogens (tertiary/aromatic N) is 4. The number of aliphatic imine (C=N–C) groups is 1. The molecule has 8 nitrogen and oxygen atoms in total. The van der Waals surface area contributed by atoms with Crippen LogP contribution in [-0.2, 0) is 11.2 Å². The summed E-state index contributed by atoms with van der Waals surface area (Å²) in [7, 11) is 0. The molecule has 1 heterocycles. The van der Waals surface area contributed by atoms with Crippen molar-refractivity contribution in [3.63, 3.8) is 0 Å². The molecule has 2 rings (SSSR count). The van der Waals surface area contributed by atoms with Crippen LogP contribution in [0.5, 0.6) is 0 Å². The van der Waals surface area contributed by atoms with Crippen LogP contribution >= 0.6 is 0 Å². The molecule has 28 heavy (non-hydrogen) atoms. The zero-order chi connectivity index (χ0) is 20.2. The Morgan fingerprint density at radius 3 is 2.75 bits per heavy atom. The third kappa shape index (κ3) is 5.99. The number of nitrogens with two attached hydrogens (primary N) is 1. The van der Waals surface area contributed by atoms with E-state index in [0.717, 1.165) is 24.6 Å². The topological polar surface area (TPSA) is 113 Å². The highest BCUT2D eigenvalue weighted by atomic mass is 16.5. The third-order valence-corrected chi connectivity index (χ3v) is 4.03. The van der Waals surface area contributed by atoms with Crippen molar-refractivity contribution in [1.82, 2.24) is 20.4 Å². The van der Waals surface area contributed by atoms with Gasteiger partial charge in [0.05, 0.1) is 18.0 Å². The van der Waals surface area contributed by atoms with Gasteiger partial charge in [0.25, 0.3) is 0 Å². The summed E-state index contributed by atoms with van der Waals surface area (Å²) >= 11 is 0. The molecule has 0 bridgehead atoms. The van der Waals surface area contributed by atoms with Crippen LogP contribution < -0.4 is 16.4 Å². The first-order valence-corrected chi connectivity index (χ1v) is 9.64. The molecule has 0 unspecified atom stereocenters. The van der Waals surface area contributed by atoms with Crippen LogP contribution in [0.4, 0.5) is 5.82 Å². The molecular formula is C20H29N7O. The van der Waals surface area contributed by atoms with Crippen molar-refractivity contribution in [2.75, 3.05) is 38.6 Å². The normalized spacial score (nSPS) is 11.2. The van der Waals surface area contributed by atoms with Gasteiger partial charge in [0.15, 0.2) is 5.96 Å². The maximum absolute atomic E-state index is 9.47. The third-order valence-electron chi connectivity index (χ3n) is 4.03. The highest BCUT2D eigenvalue weighted by Gasteiger charge is 2.16. The number of hydrogen-bond donors (Lipinski definition) is 3. The van der Waals surface area contributed by atoms with Gasteiger partial charge < -0.3 is 21.1 Å². The minimum atomic E-state index is 0.373. The lowest BCUT2D eigenvalue weighted by Crippen LogP contribution is -2.39. The Morgan fingerprint density at radius 2 is 2.07 bits per heavy atom. The van der Waals surface area contributed by atoms with E-state index < -0.39 is 0 Å². The monoisotopic (exact) mass is 383 g/mol. The predicted molar refractivity (Wildman–Crippen MR) is 111 cm³/mol. The number of ether oxygens (including phenoxy) is 1. The molecule has 0 saturated carbocycles. The van der Waals surface area contributed by atoms with Gasteiger partial charge >= 0.3 is 0 Å². The summed E-state index contributed by atoms with van der Waals surface area (Å²) in [5.74, 6) is 1.13. The number of nitrogen functional groups attached to an aromatic ring is 1. The van der Waals surface area contributed by atoms with Crippen LogP contribution in [0.1, 0.15) is 31.5 Å². The largest absolute Gasteiger partial charge is 0.382 e. The number of aromatic nitrogens is 2. The molecule has 0 aliphatic carbocycles. The second kappa shape index (κ2) is 11.6. The average molecular weight is 384 g/mol. The maximum atomic E-state index is 9.47. The summed E-state index contributed by atoms with van der Waals surface area (Å²) in [4.78, 5) is 4.56. The second-order valence-corrected chi connectivity index (χ2v) is 6.05. The number of benzene rings is 1. The molecule has 4 N–H and O–H groups in total. The zero-order valence-corrected chi connectivity index (χ0v) is 16.6. The lowest BCUT2D eigenvalue weighted by molar-refractivity contribution is 0.152. The molecule has 1 aromatic carbocycles. The second-order valence-electron chi connectivity index (χ2n) is 6.05. The highest BCUT2D eigenvalue weighted by Crippen LogP contribution is 2.21. The Bertz CT molecular complexity index is 793. The summed E-state index contributed by atoms with van der Waals surface area (Å²) in [5.41, 5.74) is 8.12. The summed E-state index contributed by atoms with van der Waals surface area (Å²) in [5, 5.41) is 20.5. The van der Waals surface area contributed by atoms with Gasteiger partial charge in [0.1, 0.15) is 17.5 Å². The van der Waals surface area contributed by atoms with Gasteiger partial charge in [-0.05, 0) is 38.8 Å². The molecule has 0 aliphatic rings. The Morgan fingerprint density at radius 1 is 1.29 bits per heavy atom. The molecule has 0 radical (unpaired) electrons. The Balaban J connectivity index is 1.97. The quantitative estimate of drug-likeness (QED) is 0.328. The summed E-state index contributed by atoms with van der Waals surface area (Å²) in [6.07, 6.45) is 1.40. The van der Waals surface area contributed by atoms with Crippen molar-refractivity contribution in [2.24, 2.45) is 4.99 Å². The fraction of sp³-hybridized carbons (Fsp3) is 0.450. The number of nitrogens with one attached hydrogen (secondary N) is 2. The Hall–Kier alpha value is -3.05. The van der Waals surface area contributed by atoms with E-state index in [1.807, 2.05) is 44.2 Å². The van der Waals surface area contributed by atoms with Crippen molar-refractivity contribution >= 4 is 11.8 Å². The van der Waals surface area contributed by atoms with Crippen molar-refractivity contribution in [1.29, 1.82) is 5.26 Å². The van der Waals surface area contributed by atoms with Crippen molar-refractivity contribution in [2.45, 2.75) is 26.7 Å². The molecule has 0 fully saturated rings. The number of hydrogen-bond acceptors (Lipinski definition) is 5. The van der Waals surface area contributed by atoms with E-state index in [1.165, 1.54) is 0 Å². The summed E-state index contributed by atoms with van der Waals surface area (Å²) in [6, 6.07) is 11.8. The Labute approximate surface area is 166 Å². The molecule has 1 aromatic heterocycles. The van der Waals surface area contributed by atoms with Crippen molar-refractivity contribution in [3.8, 4) is 11.8 Å². The Kier molecular flexibility index (Phi) is 8.82. The van der Waals surface area contributed by atoms with E-state index in [2.05, 4.69) is 26.8 Å². The lowest BCUT2D eigenvalue weighted by Gasteiger charge is -2.11. The first-order chi connectivity index (χ1) is 13.7. The zero-order valence-electron chi connectivity index (χ0n) is 16.6. The van der Waals surface area contributed by atoms with Crippen LogP contribution in [0.2, 0.25) is 0 Å². The summed E-state index contributed by atoms with van der Waals surface area (Å²) in [6.45, 7) is 7.46. The molecule has 0 aliphatic heterocycles. The van der Waals surface area contributed by atoms with Gasteiger partial charge in [-0.1, -0.05) is 18.2 Å². The van der Waals surface area contributed by atoms with Gasteiger partial charge in [-0.2, -0.15) is 10.4 Å². The van der Waals surface area contributed by atoms with Crippen LogP contribution in [-0.4, -0.2) is 48.6 Å². The van der Waals surface area contributed by atoms with Gasteiger partial charge in [0.2, 0.25) is 0 Å². The smallest absolute Gasteiger partial charge is 0.191 e. The molecular weight excluding hydrogens is 354 g/mol. The molecule has 150 valence electrons. The number of nitriles is 1. The van der Waals surface area contributed by atoms with E-state index in [9.17, 15) is 5.26 Å². The van der Waals surface area contributed by atoms with E-state index in [-0.39, 0.29) is 0 Å².